The minimum Gasteiger partial charge on any atom is -0.410 e. The molecule has 0 heterocycles. The molecule has 0 aromatic heterocycles. The summed E-state index contributed by atoms with van der Waals surface area (Å²) in [5, 5.41) is 9.96. The Balaban J connectivity index is 1.68. The Labute approximate surface area is 134 Å². The quantitative estimate of drug-likeness (QED) is 0.938. The minimum atomic E-state index is -0.737. The van der Waals surface area contributed by atoms with Gasteiger partial charge in [0, 0.05) is 18.8 Å². The molecular formula is C19H17NO3. The first-order valence-corrected chi connectivity index (χ1v) is 7.32. The number of benzene rings is 2. The Hall–Kier alpha value is -2.85. The molecule has 2 aromatic rings. The van der Waals surface area contributed by atoms with Crippen LogP contribution in [-0.4, -0.2) is 23.1 Å². The molecule has 0 saturated carbocycles. The third kappa shape index (κ3) is 3.33. The van der Waals surface area contributed by atoms with E-state index < -0.39 is 12.2 Å². The Kier molecular flexibility index (Phi) is 4.26. The Bertz CT molecular complexity index is 765. The summed E-state index contributed by atoms with van der Waals surface area (Å²) in [7, 11) is 1.62. The van der Waals surface area contributed by atoms with Crippen molar-refractivity contribution in [1.82, 2.24) is 4.90 Å². The van der Waals surface area contributed by atoms with Gasteiger partial charge >= 0.3 is 6.09 Å². The molecule has 3 rings (SSSR count). The van der Waals surface area contributed by atoms with Crippen molar-refractivity contribution in [3.63, 3.8) is 0 Å². The number of carbonyl (C=O) groups is 1. The second kappa shape index (κ2) is 6.50. The summed E-state index contributed by atoms with van der Waals surface area (Å²) in [5.74, 6) is 0.387. The number of carbonyl (C=O) groups excluding carboxylic acids is 1. The van der Waals surface area contributed by atoms with Crippen molar-refractivity contribution < 1.29 is 14.6 Å². The Morgan fingerprint density at radius 1 is 1.13 bits per heavy atom. The molecule has 23 heavy (non-hydrogen) atoms. The van der Waals surface area contributed by atoms with E-state index in [2.05, 4.69) is 0 Å². The molecule has 4 heteroatoms. The highest BCUT2D eigenvalue weighted by atomic mass is 16.6. The van der Waals surface area contributed by atoms with E-state index in [4.69, 9.17) is 4.74 Å². The third-order valence-corrected chi connectivity index (χ3v) is 3.63. The topological polar surface area (TPSA) is 49.8 Å². The highest BCUT2D eigenvalue weighted by Crippen LogP contribution is 2.34. The number of amides is 1. The van der Waals surface area contributed by atoms with Crippen LogP contribution in [0.5, 0.6) is 0 Å². The largest absolute Gasteiger partial charge is 0.419 e. The summed E-state index contributed by atoms with van der Waals surface area (Å²) in [5.41, 5.74) is 2.49. The number of hydrogen-bond donors (Lipinski definition) is 1. The van der Waals surface area contributed by atoms with Crippen molar-refractivity contribution in [3.8, 4) is 0 Å². The van der Waals surface area contributed by atoms with Crippen LogP contribution in [0.3, 0.4) is 0 Å². The number of ether oxygens (including phenoxy) is 1. The zero-order valence-electron chi connectivity index (χ0n) is 12.7. The summed E-state index contributed by atoms with van der Waals surface area (Å²) in [6.07, 6.45) is 3.77. The van der Waals surface area contributed by atoms with Crippen LogP contribution >= 0.6 is 0 Å². The lowest BCUT2D eigenvalue weighted by Crippen LogP contribution is -2.21. The number of rotatable bonds is 3. The molecule has 1 aliphatic carbocycles. The van der Waals surface area contributed by atoms with Crippen LogP contribution in [0.4, 0.5) is 4.79 Å². The van der Waals surface area contributed by atoms with E-state index in [1.54, 1.807) is 13.2 Å². The molecule has 2 aromatic carbocycles. The number of hydrogen-bond acceptors (Lipinski definition) is 3. The smallest absolute Gasteiger partial charge is 0.410 e. The van der Waals surface area contributed by atoms with Crippen LogP contribution in [0.25, 0.3) is 11.8 Å². The van der Waals surface area contributed by atoms with E-state index in [9.17, 15) is 9.90 Å². The van der Waals surface area contributed by atoms with Gasteiger partial charge in [-0.05, 0) is 23.3 Å². The summed E-state index contributed by atoms with van der Waals surface area (Å²) in [6, 6.07) is 17.0. The van der Waals surface area contributed by atoms with Crippen molar-refractivity contribution in [1.29, 1.82) is 0 Å². The third-order valence-electron chi connectivity index (χ3n) is 3.63. The average molecular weight is 307 g/mol. The van der Waals surface area contributed by atoms with Crippen LogP contribution in [-0.2, 0) is 4.74 Å². The van der Waals surface area contributed by atoms with Gasteiger partial charge in [0.1, 0.15) is 11.9 Å². The first-order valence-electron chi connectivity index (χ1n) is 7.32. The molecule has 116 valence electrons. The van der Waals surface area contributed by atoms with Gasteiger partial charge in [0.05, 0.1) is 0 Å². The first kappa shape index (κ1) is 15.1. The van der Waals surface area contributed by atoms with E-state index in [0.717, 1.165) is 16.7 Å². The first-order chi connectivity index (χ1) is 11.1. The minimum absolute atomic E-state index is 0.387. The van der Waals surface area contributed by atoms with E-state index >= 15 is 0 Å². The zero-order valence-corrected chi connectivity index (χ0v) is 12.7. The highest BCUT2D eigenvalue weighted by Gasteiger charge is 2.24. The van der Waals surface area contributed by atoms with E-state index in [-0.39, 0.29) is 0 Å². The van der Waals surface area contributed by atoms with Gasteiger partial charge in [0.25, 0.3) is 0 Å². The number of aliphatic hydroxyl groups is 1. The number of aliphatic hydroxyl groups excluding tert-OH is 1. The summed E-state index contributed by atoms with van der Waals surface area (Å²) < 4.78 is 5.40. The van der Waals surface area contributed by atoms with Crippen molar-refractivity contribution >= 4 is 17.9 Å². The van der Waals surface area contributed by atoms with Gasteiger partial charge < -0.3 is 9.84 Å². The molecule has 0 fully saturated rings. The van der Waals surface area contributed by atoms with Crippen molar-refractivity contribution in [3.05, 3.63) is 83.6 Å². The molecule has 1 atom stereocenters. The summed E-state index contributed by atoms with van der Waals surface area (Å²) in [6.45, 7) is 0. The number of nitrogens with zero attached hydrogens (tertiary/aromatic N) is 1. The second-order valence-electron chi connectivity index (χ2n) is 5.27. The van der Waals surface area contributed by atoms with E-state index in [1.807, 2.05) is 60.7 Å². The second-order valence-corrected chi connectivity index (χ2v) is 5.27. The van der Waals surface area contributed by atoms with Gasteiger partial charge in [-0.25, -0.2) is 4.79 Å². The molecule has 0 bridgehead atoms. The summed E-state index contributed by atoms with van der Waals surface area (Å²) >= 11 is 0. The fourth-order valence-electron chi connectivity index (χ4n) is 2.38. The SMILES string of the molecule is CN(C=Cc1ccccc1)C(=O)OC1=C[C@H](O)c2ccccc21. The van der Waals surface area contributed by atoms with Crippen LogP contribution in [0, 0.1) is 0 Å². The lowest BCUT2D eigenvalue weighted by Gasteiger charge is -2.13. The standard InChI is InChI=1S/C19H17NO3/c1-20(12-11-14-7-3-2-4-8-14)19(22)23-18-13-17(21)15-9-5-6-10-16(15)18/h2-13,17,21H,1H3/t17-/m0/s1. The molecule has 0 spiro atoms. The predicted octanol–water partition coefficient (Wildman–Crippen LogP) is 3.81. The van der Waals surface area contributed by atoms with Gasteiger partial charge in [0.2, 0.25) is 0 Å². The van der Waals surface area contributed by atoms with Crippen LogP contribution in [0.2, 0.25) is 0 Å². The van der Waals surface area contributed by atoms with Gasteiger partial charge in [-0.15, -0.1) is 0 Å². The molecule has 0 radical (unpaired) electrons. The Morgan fingerprint density at radius 3 is 2.61 bits per heavy atom. The number of fused-ring (bicyclic) bond motifs is 1. The lowest BCUT2D eigenvalue weighted by atomic mass is 10.1. The molecule has 1 N–H and O–H groups in total. The normalized spacial score (nSPS) is 16.1. The maximum atomic E-state index is 12.2. The maximum Gasteiger partial charge on any atom is 0.419 e. The maximum absolute atomic E-state index is 12.2. The Morgan fingerprint density at radius 2 is 1.83 bits per heavy atom. The summed E-state index contributed by atoms with van der Waals surface area (Å²) in [4.78, 5) is 13.5. The molecule has 0 saturated heterocycles. The predicted molar refractivity (Wildman–Crippen MR) is 89.1 cm³/mol. The molecule has 4 nitrogen and oxygen atoms in total. The fraction of sp³-hybridized carbons (Fsp3) is 0.105. The van der Waals surface area contributed by atoms with Crippen LogP contribution in [0.1, 0.15) is 22.8 Å². The van der Waals surface area contributed by atoms with Crippen LogP contribution < -0.4 is 0 Å². The van der Waals surface area contributed by atoms with E-state index in [0.29, 0.717) is 5.76 Å². The van der Waals surface area contributed by atoms with Gasteiger partial charge in [0.15, 0.2) is 0 Å². The van der Waals surface area contributed by atoms with Crippen molar-refractivity contribution in [2.24, 2.45) is 0 Å². The zero-order chi connectivity index (χ0) is 16.2. The fourth-order valence-corrected chi connectivity index (χ4v) is 2.38. The van der Waals surface area contributed by atoms with E-state index in [1.165, 1.54) is 11.0 Å². The monoisotopic (exact) mass is 307 g/mol. The highest BCUT2D eigenvalue weighted by molar-refractivity contribution is 5.81. The molecular weight excluding hydrogens is 290 g/mol. The van der Waals surface area contributed by atoms with Gasteiger partial charge in [-0.1, -0.05) is 54.6 Å². The molecule has 0 aliphatic heterocycles. The van der Waals surface area contributed by atoms with Gasteiger partial charge in [-0.3, -0.25) is 4.90 Å². The van der Waals surface area contributed by atoms with Crippen molar-refractivity contribution in [2.75, 3.05) is 7.05 Å². The average Bonchev–Trinajstić information content (AvgIpc) is 2.90. The molecule has 1 aliphatic rings. The van der Waals surface area contributed by atoms with Gasteiger partial charge in [-0.2, -0.15) is 0 Å². The molecule has 1 amide bonds. The lowest BCUT2D eigenvalue weighted by molar-refractivity contribution is 0.168. The van der Waals surface area contributed by atoms with Crippen LogP contribution in [0.15, 0.2) is 66.9 Å². The molecule has 0 unspecified atom stereocenters. The van der Waals surface area contributed by atoms with Crippen molar-refractivity contribution in [2.45, 2.75) is 6.10 Å².